The van der Waals surface area contributed by atoms with Crippen molar-refractivity contribution < 1.29 is 13.2 Å². The van der Waals surface area contributed by atoms with E-state index >= 15 is 0 Å². The van der Waals surface area contributed by atoms with Gasteiger partial charge in [0.05, 0.1) is 18.1 Å². The van der Waals surface area contributed by atoms with Crippen LogP contribution in [0.5, 0.6) is 0 Å². The van der Waals surface area contributed by atoms with Gasteiger partial charge in [0.1, 0.15) is 0 Å². The zero-order valence-corrected chi connectivity index (χ0v) is 13.1. The van der Waals surface area contributed by atoms with Gasteiger partial charge in [0.15, 0.2) is 9.84 Å². The van der Waals surface area contributed by atoms with Crippen LogP contribution in [0, 0.1) is 0 Å². The van der Waals surface area contributed by atoms with Crippen LogP contribution in [-0.2, 0) is 25.7 Å². The van der Waals surface area contributed by atoms with E-state index in [0.29, 0.717) is 6.61 Å². The Balaban J connectivity index is 2.67. The van der Waals surface area contributed by atoms with Crippen LogP contribution in [0.4, 0.5) is 0 Å². The van der Waals surface area contributed by atoms with Gasteiger partial charge in [-0.2, -0.15) is 0 Å². The van der Waals surface area contributed by atoms with Gasteiger partial charge in [-0.05, 0) is 23.5 Å². The van der Waals surface area contributed by atoms with Crippen LogP contribution >= 0.6 is 0 Å². The summed E-state index contributed by atoms with van der Waals surface area (Å²) in [5, 5.41) is 0. The van der Waals surface area contributed by atoms with Crippen molar-refractivity contribution in [2.75, 3.05) is 19.0 Å². The van der Waals surface area contributed by atoms with E-state index in [4.69, 9.17) is 4.74 Å². The Morgan fingerprint density at radius 2 is 1.68 bits per heavy atom. The van der Waals surface area contributed by atoms with Gasteiger partial charge in [-0.1, -0.05) is 45.0 Å². The summed E-state index contributed by atoms with van der Waals surface area (Å²) in [5.74, 6) is 0.173. The first kappa shape index (κ1) is 16.2. The molecule has 19 heavy (non-hydrogen) atoms. The first-order chi connectivity index (χ1) is 8.74. The molecule has 0 N–H and O–H groups in total. The van der Waals surface area contributed by atoms with Crippen molar-refractivity contribution in [2.24, 2.45) is 0 Å². The Labute approximate surface area is 116 Å². The number of benzene rings is 1. The van der Waals surface area contributed by atoms with Gasteiger partial charge in [-0.3, -0.25) is 0 Å². The Hall–Kier alpha value is -0.870. The first-order valence-electron chi connectivity index (χ1n) is 6.62. The van der Waals surface area contributed by atoms with Crippen LogP contribution in [0.15, 0.2) is 24.3 Å². The summed E-state index contributed by atoms with van der Waals surface area (Å²) in [6, 6.07) is 7.82. The second-order valence-corrected chi connectivity index (χ2v) is 7.92. The SMILES string of the molecule is CCOCCS(=O)(=O)Cc1ccc(C(C)(C)C)cc1. The molecule has 0 spiro atoms. The highest BCUT2D eigenvalue weighted by Gasteiger charge is 2.15. The molecule has 0 aliphatic carbocycles. The van der Waals surface area contributed by atoms with Crippen LogP contribution in [0.2, 0.25) is 0 Å². The topological polar surface area (TPSA) is 43.4 Å². The van der Waals surface area contributed by atoms with Crippen LogP contribution in [0.3, 0.4) is 0 Å². The second kappa shape index (κ2) is 6.53. The molecular weight excluding hydrogens is 260 g/mol. The summed E-state index contributed by atoms with van der Waals surface area (Å²) in [6.45, 7) is 9.11. The summed E-state index contributed by atoms with van der Waals surface area (Å²) in [7, 11) is -3.08. The predicted octanol–water partition coefficient (Wildman–Crippen LogP) is 2.94. The molecule has 0 fully saturated rings. The van der Waals surface area contributed by atoms with Crippen LogP contribution in [-0.4, -0.2) is 27.4 Å². The lowest BCUT2D eigenvalue weighted by molar-refractivity contribution is 0.163. The number of ether oxygens (including phenoxy) is 1. The van der Waals surface area contributed by atoms with E-state index in [1.807, 2.05) is 31.2 Å². The molecule has 108 valence electrons. The summed E-state index contributed by atoms with van der Waals surface area (Å²) in [5.41, 5.74) is 2.14. The summed E-state index contributed by atoms with van der Waals surface area (Å²) < 4.78 is 28.8. The Kier molecular flexibility index (Phi) is 5.56. The minimum absolute atomic E-state index is 0.0852. The Bertz CT molecular complexity index is 481. The number of hydrogen-bond donors (Lipinski definition) is 0. The van der Waals surface area contributed by atoms with E-state index in [9.17, 15) is 8.42 Å². The Morgan fingerprint density at radius 3 is 2.16 bits per heavy atom. The fourth-order valence-electron chi connectivity index (χ4n) is 1.76. The largest absolute Gasteiger partial charge is 0.381 e. The minimum atomic E-state index is -3.08. The molecule has 0 aromatic heterocycles. The molecule has 1 aromatic rings. The van der Waals surface area contributed by atoms with E-state index in [2.05, 4.69) is 20.8 Å². The van der Waals surface area contributed by atoms with Crippen LogP contribution < -0.4 is 0 Å². The molecule has 0 saturated heterocycles. The normalized spacial score (nSPS) is 12.6. The lowest BCUT2D eigenvalue weighted by Crippen LogP contribution is -2.15. The van der Waals surface area contributed by atoms with Crippen molar-refractivity contribution in [3.63, 3.8) is 0 Å². The van der Waals surface area contributed by atoms with Crippen molar-refractivity contribution in [3.8, 4) is 0 Å². The molecule has 0 aliphatic rings. The third-order valence-corrected chi connectivity index (χ3v) is 4.51. The van der Waals surface area contributed by atoms with E-state index in [1.54, 1.807) is 0 Å². The molecule has 0 amide bonds. The van der Waals surface area contributed by atoms with E-state index in [0.717, 1.165) is 5.56 Å². The molecular formula is C15H24O3S. The third kappa shape index (κ3) is 5.74. The van der Waals surface area contributed by atoms with E-state index in [-0.39, 0.29) is 23.5 Å². The van der Waals surface area contributed by atoms with Gasteiger partial charge in [-0.15, -0.1) is 0 Å². The maximum absolute atomic E-state index is 11.9. The van der Waals surface area contributed by atoms with Gasteiger partial charge in [0.2, 0.25) is 0 Å². The highest BCUT2D eigenvalue weighted by Crippen LogP contribution is 2.22. The van der Waals surface area contributed by atoms with E-state index < -0.39 is 9.84 Å². The monoisotopic (exact) mass is 284 g/mol. The lowest BCUT2D eigenvalue weighted by Gasteiger charge is -2.19. The summed E-state index contributed by atoms with van der Waals surface area (Å²) in [4.78, 5) is 0. The molecule has 0 heterocycles. The summed E-state index contributed by atoms with van der Waals surface area (Å²) in [6.07, 6.45) is 0. The van der Waals surface area contributed by atoms with Crippen molar-refractivity contribution in [1.29, 1.82) is 0 Å². The maximum Gasteiger partial charge on any atom is 0.156 e. The molecule has 1 aromatic carbocycles. The predicted molar refractivity (Wildman–Crippen MR) is 79.1 cm³/mol. The van der Waals surface area contributed by atoms with Gasteiger partial charge in [0.25, 0.3) is 0 Å². The first-order valence-corrected chi connectivity index (χ1v) is 8.44. The minimum Gasteiger partial charge on any atom is -0.381 e. The molecule has 0 saturated carbocycles. The Morgan fingerprint density at radius 1 is 1.11 bits per heavy atom. The highest BCUT2D eigenvalue weighted by molar-refractivity contribution is 7.90. The third-order valence-electron chi connectivity index (χ3n) is 2.95. The number of hydrogen-bond acceptors (Lipinski definition) is 3. The van der Waals surface area contributed by atoms with Crippen molar-refractivity contribution in [2.45, 2.75) is 38.9 Å². The second-order valence-electron chi connectivity index (χ2n) is 5.74. The molecule has 1 rings (SSSR count). The molecule has 3 nitrogen and oxygen atoms in total. The average Bonchev–Trinajstić information content (AvgIpc) is 2.28. The number of sulfone groups is 1. The molecule has 4 heteroatoms. The van der Waals surface area contributed by atoms with Crippen molar-refractivity contribution in [1.82, 2.24) is 0 Å². The molecule has 0 unspecified atom stereocenters. The van der Waals surface area contributed by atoms with Gasteiger partial charge in [-0.25, -0.2) is 8.42 Å². The fraction of sp³-hybridized carbons (Fsp3) is 0.600. The highest BCUT2D eigenvalue weighted by atomic mass is 32.2. The molecule has 0 aliphatic heterocycles. The standard InChI is InChI=1S/C15H24O3S/c1-5-18-10-11-19(16,17)12-13-6-8-14(9-7-13)15(2,3)4/h6-9H,5,10-12H2,1-4H3. The zero-order valence-electron chi connectivity index (χ0n) is 12.3. The van der Waals surface area contributed by atoms with Gasteiger partial charge < -0.3 is 4.74 Å². The van der Waals surface area contributed by atoms with Crippen molar-refractivity contribution >= 4 is 9.84 Å². The molecule has 0 radical (unpaired) electrons. The quantitative estimate of drug-likeness (QED) is 0.754. The average molecular weight is 284 g/mol. The fourth-order valence-corrected chi connectivity index (χ4v) is 2.97. The smallest absolute Gasteiger partial charge is 0.156 e. The van der Waals surface area contributed by atoms with Crippen molar-refractivity contribution in [3.05, 3.63) is 35.4 Å². The van der Waals surface area contributed by atoms with Gasteiger partial charge >= 0.3 is 0 Å². The van der Waals surface area contributed by atoms with Crippen LogP contribution in [0.25, 0.3) is 0 Å². The molecule has 0 bridgehead atoms. The maximum atomic E-state index is 11.9. The van der Waals surface area contributed by atoms with Gasteiger partial charge in [0, 0.05) is 6.61 Å². The zero-order chi connectivity index (χ0) is 14.5. The van der Waals surface area contributed by atoms with E-state index in [1.165, 1.54) is 5.56 Å². The van der Waals surface area contributed by atoms with Crippen LogP contribution in [0.1, 0.15) is 38.8 Å². The lowest BCUT2D eigenvalue weighted by atomic mass is 9.87. The summed E-state index contributed by atoms with van der Waals surface area (Å²) >= 11 is 0. The molecule has 0 atom stereocenters. The number of rotatable bonds is 6.